The van der Waals surface area contributed by atoms with Crippen LogP contribution in [0.15, 0.2) is 58.8 Å². The van der Waals surface area contributed by atoms with E-state index in [1.54, 1.807) is 0 Å². The molecule has 7 nitrogen and oxygen atoms in total. The smallest absolute Gasteiger partial charge is 0.263 e. The average molecular weight is 465 g/mol. The van der Waals surface area contributed by atoms with Gasteiger partial charge in [0.25, 0.3) is 11.8 Å². The zero-order valence-electron chi connectivity index (χ0n) is 18.6. The Morgan fingerprint density at radius 2 is 1.64 bits per heavy atom. The molecular formula is C25H28N4O3S. The molecule has 0 radical (unpaired) electrons. The molecule has 172 valence electrons. The minimum Gasteiger partial charge on any atom is -0.379 e. The minimum absolute atomic E-state index is 0.0578. The number of thiocarbonyl (C=S) groups is 1. The number of ether oxygens (including phenoxy) is 1. The molecule has 1 aromatic carbocycles. The van der Waals surface area contributed by atoms with Gasteiger partial charge in [-0.15, -0.1) is 0 Å². The van der Waals surface area contributed by atoms with E-state index in [4.69, 9.17) is 17.0 Å². The summed E-state index contributed by atoms with van der Waals surface area (Å²) in [5.74, 6) is -0.858. The van der Waals surface area contributed by atoms with Crippen LogP contribution in [0.4, 0.5) is 0 Å². The van der Waals surface area contributed by atoms with Crippen molar-refractivity contribution in [3.05, 3.63) is 64.4 Å². The molecular weight excluding hydrogens is 436 g/mol. The van der Waals surface area contributed by atoms with Crippen molar-refractivity contribution in [2.24, 2.45) is 0 Å². The summed E-state index contributed by atoms with van der Waals surface area (Å²) in [5, 5.41) is 5.27. The second kappa shape index (κ2) is 9.59. The molecule has 0 saturated carbocycles. The fraction of sp³-hybridized carbons (Fsp3) is 0.400. The van der Waals surface area contributed by atoms with Crippen molar-refractivity contribution >= 4 is 34.8 Å². The molecule has 0 spiro atoms. The summed E-state index contributed by atoms with van der Waals surface area (Å²) in [4.78, 5) is 30.5. The predicted molar refractivity (Wildman–Crippen MR) is 130 cm³/mol. The van der Waals surface area contributed by atoms with Crippen LogP contribution in [-0.4, -0.2) is 66.1 Å². The van der Waals surface area contributed by atoms with Gasteiger partial charge in [0.05, 0.1) is 13.2 Å². The molecule has 0 bridgehead atoms. The van der Waals surface area contributed by atoms with Crippen molar-refractivity contribution in [3.63, 3.8) is 0 Å². The van der Waals surface area contributed by atoms with Crippen LogP contribution in [0.25, 0.3) is 5.70 Å². The average Bonchev–Trinajstić information content (AvgIpc) is 2.83. The van der Waals surface area contributed by atoms with E-state index in [2.05, 4.69) is 32.6 Å². The van der Waals surface area contributed by atoms with E-state index in [0.29, 0.717) is 0 Å². The third-order valence-electron chi connectivity index (χ3n) is 6.65. The third-order valence-corrected chi connectivity index (χ3v) is 6.86. The van der Waals surface area contributed by atoms with Gasteiger partial charge in [-0.2, -0.15) is 0 Å². The van der Waals surface area contributed by atoms with Gasteiger partial charge in [-0.1, -0.05) is 30.3 Å². The second-order valence-electron chi connectivity index (χ2n) is 8.66. The fourth-order valence-electron chi connectivity index (χ4n) is 5.03. The molecule has 3 heterocycles. The Morgan fingerprint density at radius 3 is 2.36 bits per heavy atom. The van der Waals surface area contributed by atoms with Gasteiger partial charge in [0.15, 0.2) is 5.11 Å². The lowest BCUT2D eigenvalue weighted by atomic mass is 9.83. The summed E-state index contributed by atoms with van der Waals surface area (Å²) < 4.78 is 5.51. The number of carbonyl (C=O) groups is 2. The number of rotatable bonds is 4. The quantitative estimate of drug-likeness (QED) is 0.405. The molecule has 2 saturated heterocycles. The summed E-state index contributed by atoms with van der Waals surface area (Å²) in [6, 6.07) is 10.2. The van der Waals surface area contributed by atoms with Gasteiger partial charge in [0.2, 0.25) is 0 Å². The van der Waals surface area contributed by atoms with Gasteiger partial charge in [-0.25, -0.2) is 0 Å². The largest absolute Gasteiger partial charge is 0.379 e. The fourth-order valence-corrected chi connectivity index (χ4v) is 5.21. The van der Waals surface area contributed by atoms with E-state index < -0.39 is 11.8 Å². The number of hydrogen-bond acceptors (Lipinski definition) is 6. The third kappa shape index (κ3) is 4.51. The Bertz CT molecular complexity index is 1050. The zero-order chi connectivity index (χ0) is 22.8. The van der Waals surface area contributed by atoms with Gasteiger partial charge < -0.3 is 9.64 Å². The lowest BCUT2D eigenvalue weighted by Crippen LogP contribution is -2.52. The number of morpholine rings is 1. The summed E-state index contributed by atoms with van der Waals surface area (Å²) in [5.41, 5.74) is 5.31. The standard InChI is InChI=1S/C25H28N4O3S/c30-23-22(24(31)27-25(33)26-23)19-16-21(17-6-2-1-3-7-17)29(20-9-5-4-8-18(19)20)11-10-28-12-14-32-15-13-28/h1-3,6-7,16H,4-5,8-15H2,(H2,26,27,30,31,33). The van der Waals surface area contributed by atoms with Gasteiger partial charge in [-0.3, -0.25) is 25.1 Å². The summed E-state index contributed by atoms with van der Waals surface area (Å²) in [7, 11) is 0. The molecule has 4 aliphatic rings. The monoisotopic (exact) mass is 464 g/mol. The molecule has 3 aliphatic heterocycles. The topological polar surface area (TPSA) is 73.9 Å². The Labute approximate surface area is 199 Å². The van der Waals surface area contributed by atoms with Crippen LogP contribution in [0, 0.1) is 0 Å². The molecule has 1 aliphatic carbocycles. The van der Waals surface area contributed by atoms with Crippen molar-refractivity contribution in [2.75, 3.05) is 39.4 Å². The van der Waals surface area contributed by atoms with Crippen LogP contribution in [0.5, 0.6) is 0 Å². The number of nitrogens with one attached hydrogen (secondary N) is 2. The van der Waals surface area contributed by atoms with E-state index >= 15 is 0 Å². The molecule has 2 fully saturated rings. The van der Waals surface area contributed by atoms with Crippen molar-refractivity contribution in [1.29, 1.82) is 0 Å². The van der Waals surface area contributed by atoms with Crippen molar-refractivity contribution in [1.82, 2.24) is 20.4 Å². The molecule has 2 N–H and O–H groups in total. The van der Waals surface area contributed by atoms with Crippen LogP contribution in [-0.2, 0) is 14.3 Å². The van der Waals surface area contributed by atoms with Crippen molar-refractivity contribution in [2.45, 2.75) is 25.7 Å². The van der Waals surface area contributed by atoms with E-state index in [1.807, 2.05) is 24.3 Å². The first-order valence-corrected chi connectivity index (χ1v) is 12.0. The SMILES string of the molecule is O=C1NC(=S)NC(=O)C1=C1C=C(c2ccccc2)N(CCN2CCOCC2)C2=C1CCCC2. The van der Waals surface area contributed by atoms with Crippen LogP contribution < -0.4 is 10.6 Å². The number of hydrogen-bond donors (Lipinski definition) is 2. The lowest BCUT2D eigenvalue weighted by Gasteiger charge is -2.40. The molecule has 5 rings (SSSR count). The molecule has 1 aromatic rings. The number of amides is 2. The molecule has 2 amide bonds. The maximum absolute atomic E-state index is 12.8. The van der Waals surface area contributed by atoms with Crippen molar-refractivity contribution < 1.29 is 14.3 Å². The second-order valence-corrected chi connectivity index (χ2v) is 9.07. The minimum atomic E-state index is -0.429. The van der Waals surface area contributed by atoms with Crippen LogP contribution in [0.3, 0.4) is 0 Å². The first kappa shape index (κ1) is 22.0. The molecule has 8 heteroatoms. The maximum Gasteiger partial charge on any atom is 0.263 e. The van der Waals surface area contributed by atoms with E-state index in [1.165, 1.54) is 5.70 Å². The first-order valence-electron chi connectivity index (χ1n) is 11.6. The predicted octanol–water partition coefficient (Wildman–Crippen LogP) is 2.33. The van der Waals surface area contributed by atoms with E-state index in [0.717, 1.165) is 87.5 Å². The van der Waals surface area contributed by atoms with Gasteiger partial charge in [-0.05, 0) is 60.7 Å². The molecule has 0 unspecified atom stereocenters. The summed E-state index contributed by atoms with van der Waals surface area (Å²) in [6.45, 7) is 5.23. The first-order chi connectivity index (χ1) is 16.1. The normalized spacial score (nSPS) is 22.1. The van der Waals surface area contributed by atoms with E-state index in [9.17, 15) is 9.59 Å². The van der Waals surface area contributed by atoms with Crippen molar-refractivity contribution in [3.8, 4) is 0 Å². The van der Waals surface area contributed by atoms with Crippen LogP contribution in [0.2, 0.25) is 0 Å². The van der Waals surface area contributed by atoms with Gasteiger partial charge in [0.1, 0.15) is 5.57 Å². The highest BCUT2D eigenvalue weighted by Crippen LogP contribution is 2.42. The summed E-state index contributed by atoms with van der Waals surface area (Å²) in [6.07, 6.45) is 5.96. The van der Waals surface area contributed by atoms with Gasteiger partial charge >= 0.3 is 0 Å². The van der Waals surface area contributed by atoms with Crippen LogP contribution >= 0.6 is 12.2 Å². The Morgan fingerprint density at radius 1 is 0.939 bits per heavy atom. The number of benzene rings is 1. The highest BCUT2D eigenvalue weighted by atomic mass is 32.1. The lowest BCUT2D eigenvalue weighted by molar-refractivity contribution is -0.123. The molecule has 0 atom stereocenters. The molecule has 0 aromatic heterocycles. The number of allylic oxidation sites excluding steroid dienone is 4. The Balaban J connectivity index is 1.59. The number of carbonyl (C=O) groups excluding carboxylic acids is 2. The van der Waals surface area contributed by atoms with E-state index in [-0.39, 0.29) is 10.7 Å². The Kier molecular flexibility index (Phi) is 6.39. The maximum atomic E-state index is 12.8. The Hall–Kier alpha value is -2.81. The highest BCUT2D eigenvalue weighted by Gasteiger charge is 2.35. The highest BCUT2D eigenvalue weighted by molar-refractivity contribution is 7.80. The van der Waals surface area contributed by atoms with Crippen LogP contribution in [0.1, 0.15) is 31.2 Å². The zero-order valence-corrected chi connectivity index (χ0v) is 19.4. The molecule has 33 heavy (non-hydrogen) atoms. The van der Waals surface area contributed by atoms with Gasteiger partial charge in [0, 0.05) is 37.6 Å². The number of nitrogens with zero attached hydrogens (tertiary/aromatic N) is 2. The summed E-state index contributed by atoms with van der Waals surface area (Å²) >= 11 is 5.01.